The van der Waals surface area contributed by atoms with Gasteiger partial charge in [-0.25, -0.2) is 17.7 Å². The fourth-order valence-electron chi connectivity index (χ4n) is 6.74. The fraction of sp³-hybridized carbons (Fsp3) is 0.200. The van der Waals surface area contributed by atoms with E-state index in [-0.39, 0.29) is 16.1 Å². The van der Waals surface area contributed by atoms with Crippen LogP contribution in [0.25, 0.3) is 10.9 Å². The first-order valence-corrected chi connectivity index (χ1v) is 16.9. The molecule has 0 saturated carbocycles. The van der Waals surface area contributed by atoms with Crippen LogP contribution >= 0.6 is 11.6 Å². The SMILES string of the molecule is CCOc1ccccc1C1(N2CCN(c3ccnc(Cl)c3)CC2)C(=O)N(S(=O)(=O)c2cccc3cccnc23)c2ccc(C#N)cc21. The van der Waals surface area contributed by atoms with Crippen molar-refractivity contribution < 1.29 is 17.9 Å². The summed E-state index contributed by atoms with van der Waals surface area (Å²) in [5.74, 6) is -0.228. The Morgan fingerprint density at radius 3 is 2.47 bits per heavy atom. The van der Waals surface area contributed by atoms with E-state index in [1.807, 2.05) is 30.0 Å². The number of halogens is 1. The molecule has 2 aliphatic rings. The second-order valence-corrected chi connectivity index (χ2v) is 13.3. The van der Waals surface area contributed by atoms with Crippen LogP contribution < -0.4 is 13.9 Å². The second kappa shape index (κ2) is 12.0. The van der Waals surface area contributed by atoms with E-state index in [2.05, 4.69) is 20.9 Å². The van der Waals surface area contributed by atoms with Crippen molar-refractivity contribution >= 4 is 49.8 Å². The molecule has 12 heteroatoms. The lowest BCUT2D eigenvalue weighted by Gasteiger charge is -2.46. The molecule has 1 saturated heterocycles. The molecule has 3 aromatic carbocycles. The lowest BCUT2D eigenvalue weighted by Crippen LogP contribution is -2.60. The summed E-state index contributed by atoms with van der Waals surface area (Å²) in [5.41, 5.74) is 0.882. The fourth-order valence-corrected chi connectivity index (χ4v) is 8.54. The molecule has 0 radical (unpaired) electrons. The molecule has 7 rings (SSSR count). The Morgan fingerprint density at radius 2 is 1.70 bits per heavy atom. The molecule has 5 aromatic rings. The molecule has 0 N–H and O–H groups in total. The quantitative estimate of drug-likeness (QED) is 0.212. The number of hydrogen-bond donors (Lipinski definition) is 0. The predicted molar refractivity (Wildman–Crippen MR) is 179 cm³/mol. The predicted octanol–water partition coefficient (Wildman–Crippen LogP) is 5.35. The van der Waals surface area contributed by atoms with Crippen LogP contribution in [0.15, 0.2) is 102 Å². The highest BCUT2D eigenvalue weighted by Crippen LogP contribution is 2.53. The number of anilines is 2. The van der Waals surface area contributed by atoms with Gasteiger partial charge < -0.3 is 9.64 Å². The molecule has 4 heterocycles. The number of carbonyl (C=O) groups excluding carboxylic acids is 1. The van der Waals surface area contributed by atoms with Crippen molar-refractivity contribution in [1.29, 1.82) is 5.26 Å². The minimum absolute atomic E-state index is 0.0902. The van der Waals surface area contributed by atoms with E-state index >= 15 is 4.79 Å². The van der Waals surface area contributed by atoms with E-state index in [9.17, 15) is 13.7 Å². The van der Waals surface area contributed by atoms with E-state index in [1.165, 1.54) is 18.3 Å². The molecule has 2 aromatic heterocycles. The molecular weight excluding hydrogens is 636 g/mol. The average Bonchev–Trinajstić information content (AvgIpc) is 3.36. The Bertz CT molecular complexity index is 2180. The zero-order chi connectivity index (χ0) is 32.8. The first-order chi connectivity index (χ1) is 22.8. The summed E-state index contributed by atoms with van der Waals surface area (Å²) in [6.07, 6.45) is 3.17. The van der Waals surface area contributed by atoms with Gasteiger partial charge in [-0.05, 0) is 55.5 Å². The number of sulfonamides is 1. The van der Waals surface area contributed by atoms with Crippen molar-refractivity contribution in [1.82, 2.24) is 14.9 Å². The first-order valence-electron chi connectivity index (χ1n) is 15.1. The van der Waals surface area contributed by atoms with Crippen LogP contribution in [0.5, 0.6) is 5.75 Å². The summed E-state index contributed by atoms with van der Waals surface area (Å²) in [5, 5.41) is 11.0. The van der Waals surface area contributed by atoms with Gasteiger partial charge in [0.25, 0.3) is 15.9 Å². The van der Waals surface area contributed by atoms with Crippen molar-refractivity contribution in [3.05, 3.63) is 119 Å². The third kappa shape index (κ3) is 4.88. The summed E-state index contributed by atoms with van der Waals surface area (Å²) >= 11 is 6.20. The highest BCUT2D eigenvalue weighted by molar-refractivity contribution is 7.93. The van der Waals surface area contributed by atoms with E-state index in [4.69, 9.17) is 16.3 Å². The molecule has 1 fully saturated rings. The number of hydrogen-bond acceptors (Lipinski definition) is 9. The van der Waals surface area contributed by atoms with Crippen molar-refractivity contribution in [2.24, 2.45) is 0 Å². The second-order valence-electron chi connectivity index (χ2n) is 11.2. The Morgan fingerprint density at radius 1 is 0.915 bits per heavy atom. The maximum atomic E-state index is 15.4. The van der Waals surface area contributed by atoms with Crippen LogP contribution in [-0.4, -0.2) is 62.0 Å². The molecule has 2 aliphatic heterocycles. The van der Waals surface area contributed by atoms with Crippen molar-refractivity contribution in [2.75, 3.05) is 42.0 Å². The third-order valence-corrected chi connectivity index (χ3v) is 10.7. The summed E-state index contributed by atoms with van der Waals surface area (Å²) in [4.78, 5) is 27.9. The minimum atomic E-state index is -4.51. The number of para-hydroxylation sites is 2. The topological polar surface area (TPSA) is 120 Å². The number of nitriles is 1. The van der Waals surface area contributed by atoms with Crippen LogP contribution in [0.3, 0.4) is 0 Å². The standard InChI is InChI=1S/C35H29ClN6O4S/c1-2-46-30-10-4-3-9-27(30)35(41-19-17-40(18-20-41)26-14-16-38-32(36)22-26)28-21-24(23-37)12-13-29(28)42(34(35)43)47(44,45)31-11-5-7-25-8-6-15-39-33(25)31/h3-16,21-22H,2,17-20H2,1H3. The Balaban J connectivity index is 1.45. The Labute approximate surface area is 277 Å². The summed E-state index contributed by atoms with van der Waals surface area (Å²) in [6.45, 7) is 3.97. The van der Waals surface area contributed by atoms with E-state index in [0.717, 1.165) is 9.99 Å². The van der Waals surface area contributed by atoms with E-state index < -0.39 is 21.5 Å². The van der Waals surface area contributed by atoms with Gasteiger partial charge in [0.1, 0.15) is 15.8 Å². The van der Waals surface area contributed by atoms with E-state index in [1.54, 1.807) is 60.8 Å². The van der Waals surface area contributed by atoms with Gasteiger partial charge in [-0.15, -0.1) is 0 Å². The molecule has 1 atom stereocenters. The first kappa shape index (κ1) is 30.6. The number of fused-ring (bicyclic) bond motifs is 2. The maximum Gasteiger partial charge on any atom is 0.273 e. The van der Waals surface area contributed by atoms with Crippen LogP contribution in [0.4, 0.5) is 11.4 Å². The zero-order valence-electron chi connectivity index (χ0n) is 25.4. The number of piperazine rings is 1. The molecule has 0 aliphatic carbocycles. The third-order valence-electron chi connectivity index (χ3n) is 8.75. The smallest absolute Gasteiger partial charge is 0.273 e. The van der Waals surface area contributed by atoms with Gasteiger partial charge in [-0.3, -0.25) is 14.7 Å². The van der Waals surface area contributed by atoms with Gasteiger partial charge >= 0.3 is 0 Å². The van der Waals surface area contributed by atoms with Gasteiger partial charge in [-0.2, -0.15) is 5.26 Å². The Kier molecular flexibility index (Phi) is 7.80. The van der Waals surface area contributed by atoms with E-state index in [0.29, 0.717) is 65.8 Å². The van der Waals surface area contributed by atoms with Gasteiger partial charge in [0.05, 0.1) is 29.4 Å². The van der Waals surface area contributed by atoms with Gasteiger partial charge in [0, 0.05) is 60.8 Å². The summed E-state index contributed by atoms with van der Waals surface area (Å²) < 4.78 is 36.6. The molecule has 1 unspecified atom stereocenters. The monoisotopic (exact) mass is 664 g/mol. The van der Waals surface area contributed by atoms with Crippen molar-refractivity contribution in [2.45, 2.75) is 17.4 Å². The average molecular weight is 665 g/mol. The summed E-state index contributed by atoms with van der Waals surface area (Å²) in [7, 11) is -4.51. The number of benzene rings is 3. The van der Waals surface area contributed by atoms with Gasteiger partial charge in [0.15, 0.2) is 5.54 Å². The number of amides is 1. The number of pyridine rings is 2. The molecular formula is C35H29ClN6O4S. The van der Waals surface area contributed by atoms with Crippen LogP contribution in [0.2, 0.25) is 5.15 Å². The lowest BCUT2D eigenvalue weighted by atomic mass is 9.80. The van der Waals surface area contributed by atoms with Crippen molar-refractivity contribution in [3.8, 4) is 11.8 Å². The van der Waals surface area contributed by atoms with Crippen LogP contribution in [0, 0.1) is 11.3 Å². The molecule has 236 valence electrons. The molecule has 47 heavy (non-hydrogen) atoms. The summed E-state index contributed by atoms with van der Waals surface area (Å²) in [6, 6.07) is 26.1. The number of ether oxygens (including phenoxy) is 1. The molecule has 0 spiro atoms. The molecule has 10 nitrogen and oxygen atoms in total. The number of aromatic nitrogens is 2. The molecule has 0 bridgehead atoms. The van der Waals surface area contributed by atoms with Crippen molar-refractivity contribution in [3.63, 3.8) is 0 Å². The van der Waals surface area contributed by atoms with Crippen LogP contribution in [0.1, 0.15) is 23.6 Å². The largest absolute Gasteiger partial charge is 0.493 e. The maximum absolute atomic E-state index is 15.4. The van der Waals surface area contributed by atoms with Crippen LogP contribution in [-0.2, 0) is 20.4 Å². The normalized spacial score (nSPS) is 18.3. The number of carbonyl (C=O) groups is 1. The number of rotatable bonds is 7. The Hall–Kier alpha value is -5.02. The zero-order valence-corrected chi connectivity index (χ0v) is 26.9. The minimum Gasteiger partial charge on any atom is -0.493 e. The highest BCUT2D eigenvalue weighted by Gasteiger charge is 2.60. The molecule has 1 amide bonds. The highest BCUT2D eigenvalue weighted by atomic mass is 35.5. The lowest BCUT2D eigenvalue weighted by molar-refractivity contribution is -0.127. The van der Waals surface area contributed by atoms with Gasteiger partial charge in [0.2, 0.25) is 0 Å². The van der Waals surface area contributed by atoms with Gasteiger partial charge in [-0.1, -0.05) is 48.0 Å². The number of nitrogens with zero attached hydrogens (tertiary/aromatic N) is 6.